The molecule has 1 fully saturated rings. The quantitative estimate of drug-likeness (QED) is 0.494. The number of rotatable bonds is 5. The van der Waals surface area contributed by atoms with Crippen LogP contribution in [0.25, 0.3) is 5.65 Å². The molecule has 3 aromatic rings. The van der Waals surface area contributed by atoms with Crippen molar-refractivity contribution in [3.63, 3.8) is 0 Å². The molecule has 190 valence electrons. The van der Waals surface area contributed by atoms with E-state index in [0.29, 0.717) is 56.9 Å². The van der Waals surface area contributed by atoms with Crippen LogP contribution in [0.1, 0.15) is 41.5 Å². The number of nitrogens with zero attached hydrogens (tertiary/aromatic N) is 4. The Labute approximate surface area is 213 Å². The van der Waals surface area contributed by atoms with Gasteiger partial charge >= 0.3 is 6.18 Å². The molecule has 1 N–H and O–H groups in total. The Hall–Kier alpha value is -3.18. The van der Waals surface area contributed by atoms with Crippen LogP contribution in [0.3, 0.4) is 0 Å². The van der Waals surface area contributed by atoms with Gasteiger partial charge in [-0.1, -0.05) is 28.4 Å². The first-order chi connectivity index (χ1) is 17.0. The molecule has 0 saturated carbocycles. The molecule has 0 spiro atoms. The minimum Gasteiger partial charge on any atom is -0.490 e. The molecule has 2 aromatic heterocycles. The number of carbonyl (C=O) groups excluding carboxylic acids is 1. The fourth-order valence-electron chi connectivity index (χ4n) is 4.20. The molecule has 0 bridgehead atoms. The van der Waals surface area contributed by atoms with Crippen LogP contribution in [0.4, 0.5) is 13.2 Å². The maximum Gasteiger partial charge on any atom is 0.417 e. The molecular formula is C23H20Cl2F3N5O3. The third-order valence-electron chi connectivity index (χ3n) is 6.05. The van der Waals surface area contributed by atoms with Crippen molar-refractivity contribution in [2.45, 2.75) is 38.2 Å². The van der Waals surface area contributed by atoms with Crippen molar-refractivity contribution in [1.82, 2.24) is 19.6 Å². The van der Waals surface area contributed by atoms with Crippen LogP contribution in [0.5, 0.6) is 5.75 Å². The van der Waals surface area contributed by atoms with Gasteiger partial charge in [-0.3, -0.25) is 4.79 Å². The molecule has 1 unspecified atom stereocenters. The highest BCUT2D eigenvalue weighted by Gasteiger charge is 2.35. The number of carbonyl (C=O) groups is 1. The summed E-state index contributed by atoms with van der Waals surface area (Å²) in [4.78, 5) is 23.1. The van der Waals surface area contributed by atoms with E-state index in [1.165, 1.54) is 10.6 Å². The molecule has 1 aromatic carbocycles. The zero-order valence-corrected chi connectivity index (χ0v) is 20.6. The summed E-state index contributed by atoms with van der Waals surface area (Å²) >= 11 is 12.9. The number of imidazole rings is 1. The molecule has 4 heterocycles. The standard InChI is InChI=1S/C23H20Cl2F3N5O3/c1-11-5-12(23(26,27)28)8-33-9-17(30-20(11)33)22-32(2)21(31-36-22)14-6-16(25)18(7-15(14)24)35-10-13-3-4-19(34)29-13/h5-9,13,22H,3-4,10H2,1-2H3,(H,29,34)/t13-,22?/m0/s1. The highest BCUT2D eigenvalue weighted by atomic mass is 35.5. The van der Waals surface area contributed by atoms with Gasteiger partial charge in [-0.15, -0.1) is 0 Å². The Morgan fingerprint density at radius 3 is 2.69 bits per heavy atom. The van der Waals surface area contributed by atoms with Crippen LogP contribution in [-0.2, 0) is 15.8 Å². The number of fused-ring (bicyclic) bond motifs is 1. The number of benzene rings is 1. The van der Waals surface area contributed by atoms with Crippen LogP contribution >= 0.6 is 23.2 Å². The minimum absolute atomic E-state index is 0.0125. The second-order valence-electron chi connectivity index (χ2n) is 8.67. The van der Waals surface area contributed by atoms with Crippen molar-refractivity contribution in [3.8, 4) is 5.75 Å². The lowest BCUT2D eigenvalue weighted by Crippen LogP contribution is -2.31. The molecular weight excluding hydrogens is 522 g/mol. The Bertz CT molecular complexity index is 1390. The summed E-state index contributed by atoms with van der Waals surface area (Å²) in [5.74, 6) is 0.717. The molecule has 8 nitrogen and oxygen atoms in total. The van der Waals surface area contributed by atoms with Crippen molar-refractivity contribution >= 4 is 40.6 Å². The number of oxime groups is 1. The summed E-state index contributed by atoms with van der Waals surface area (Å²) in [6, 6.07) is 4.12. The Morgan fingerprint density at radius 1 is 1.22 bits per heavy atom. The summed E-state index contributed by atoms with van der Waals surface area (Å²) in [5.41, 5.74) is 0.838. The van der Waals surface area contributed by atoms with Crippen LogP contribution in [0, 0.1) is 6.92 Å². The average molecular weight is 542 g/mol. The first-order valence-corrected chi connectivity index (χ1v) is 11.7. The van der Waals surface area contributed by atoms with E-state index in [-0.39, 0.29) is 18.6 Å². The first-order valence-electron chi connectivity index (χ1n) is 11.0. The summed E-state index contributed by atoms with van der Waals surface area (Å²) in [6.45, 7) is 1.82. The van der Waals surface area contributed by atoms with Gasteiger partial charge < -0.3 is 24.2 Å². The van der Waals surface area contributed by atoms with Crippen LogP contribution < -0.4 is 10.1 Å². The van der Waals surface area contributed by atoms with Gasteiger partial charge in [0.15, 0.2) is 5.84 Å². The lowest BCUT2D eigenvalue weighted by molar-refractivity contribution is -0.137. The first kappa shape index (κ1) is 24.5. The number of alkyl halides is 3. The Balaban J connectivity index is 1.36. The summed E-state index contributed by atoms with van der Waals surface area (Å²) < 4.78 is 46.7. The average Bonchev–Trinajstić information content (AvgIpc) is 3.51. The predicted octanol–water partition coefficient (Wildman–Crippen LogP) is 4.95. The number of amidine groups is 1. The van der Waals surface area contributed by atoms with Crippen molar-refractivity contribution in [1.29, 1.82) is 0 Å². The van der Waals surface area contributed by atoms with Crippen LogP contribution in [0.2, 0.25) is 10.0 Å². The van der Waals surface area contributed by atoms with Gasteiger partial charge in [-0.05, 0) is 31.0 Å². The molecule has 36 heavy (non-hydrogen) atoms. The zero-order chi connectivity index (χ0) is 25.8. The van der Waals surface area contributed by atoms with E-state index in [2.05, 4.69) is 15.5 Å². The molecule has 0 radical (unpaired) electrons. The van der Waals surface area contributed by atoms with Gasteiger partial charge in [0.1, 0.15) is 23.7 Å². The topological polar surface area (TPSA) is 80.5 Å². The van der Waals surface area contributed by atoms with Gasteiger partial charge in [0.2, 0.25) is 12.1 Å². The van der Waals surface area contributed by atoms with E-state index in [9.17, 15) is 18.0 Å². The minimum atomic E-state index is -4.47. The fourth-order valence-corrected chi connectivity index (χ4v) is 4.66. The van der Waals surface area contributed by atoms with Gasteiger partial charge in [0, 0.05) is 37.5 Å². The van der Waals surface area contributed by atoms with Crippen molar-refractivity contribution in [2.24, 2.45) is 5.16 Å². The lowest BCUT2D eigenvalue weighted by Gasteiger charge is -2.20. The van der Waals surface area contributed by atoms with E-state index < -0.39 is 18.0 Å². The maximum atomic E-state index is 13.2. The van der Waals surface area contributed by atoms with E-state index in [0.717, 1.165) is 12.3 Å². The molecule has 5 rings (SSSR count). The van der Waals surface area contributed by atoms with E-state index >= 15 is 0 Å². The molecule has 0 aliphatic carbocycles. The smallest absolute Gasteiger partial charge is 0.417 e. The molecule has 2 atom stereocenters. The van der Waals surface area contributed by atoms with Gasteiger partial charge in [-0.25, -0.2) is 4.98 Å². The summed E-state index contributed by atoms with van der Waals surface area (Å²) in [6.07, 6.45) is -1.65. The predicted molar refractivity (Wildman–Crippen MR) is 126 cm³/mol. The number of nitrogens with one attached hydrogen (secondary N) is 1. The number of halogens is 5. The van der Waals surface area contributed by atoms with Crippen molar-refractivity contribution in [3.05, 3.63) is 63.0 Å². The number of amides is 1. The molecule has 1 amide bonds. The Morgan fingerprint density at radius 2 is 2.00 bits per heavy atom. The number of aromatic nitrogens is 2. The fraction of sp³-hybridized carbons (Fsp3) is 0.348. The highest BCUT2D eigenvalue weighted by molar-refractivity contribution is 6.37. The number of pyridine rings is 1. The van der Waals surface area contributed by atoms with Gasteiger partial charge in [0.05, 0.1) is 21.7 Å². The van der Waals surface area contributed by atoms with Crippen LogP contribution in [0.15, 0.2) is 35.7 Å². The number of hydrogen-bond acceptors (Lipinski definition) is 6. The van der Waals surface area contributed by atoms with E-state index in [1.807, 2.05) is 0 Å². The monoisotopic (exact) mass is 541 g/mol. The molecule has 1 saturated heterocycles. The van der Waals surface area contributed by atoms with Gasteiger partial charge in [0.25, 0.3) is 0 Å². The van der Waals surface area contributed by atoms with Crippen LogP contribution in [-0.4, -0.2) is 45.7 Å². The molecule has 2 aliphatic heterocycles. The maximum absolute atomic E-state index is 13.2. The number of hydrogen-bond donors (Lipinski definition) is 1. The number of aryl methyl sites for hydroxylation is 1. The van der Waals surface area contributed by atoms with Crippen molar-refractivity contribution in [2.75, 3.05) is 13.7 Å². The highest BCUT2D eigenvalue weighted by Crippen LogP contribution is 2.37. The lowest BCUT2D eigenvalue weighted by atomic mass is 10.1. The van der Waals surface area contributed by atoms with Gasteiger partial charge in [-0.2, -0.15) is 13.2 Å². The zero-order valence-electron chi connectivity index (χ0n) is 19.1. The summed E-state index contributed by atoms with van der Waals surface area (Å²) in [5, 5.41) is 7.54. The second-order valence-corrected chi connectivity index (χ2v) is 9.48. The number of ether oxygens (including phenoxy) is 1. The molecule has 13 heteroatoms. The van der Waals surface area contributed by atoms with E-state index in [1.54, 1.807) is 31.0 Å². The second kappa shape index (κ2) is 9.04. The van der Waals surface area contributed by atoms with E-state index in [4.69, 9.17) is 32.8 Å². The van der Waals surface area contributed by atoms with Crippen molar-refractivity contribution < 1.29 is 27.5 Å². The third kappa shape index (κ3) is 4.53. The largest absolute Gasteiger partial charge is 0.490 e. The summed E-state index contributed by atoms with van der Waals surface area (Å²) in [7, 11) is 1.70. The normalized spacial score (nSPS) is 20.0. The SMILES string of the molecule is Cc1cc(C(F)(F)F)cn2cc(C3ON=C(c4cc(Cl)c(OC[C@@H]5CCC(=O)N5)cc4Cl)N3C)nc12. The molecule has 2 aliphatic rings. The third-order valence-corrected chi connectivity index (χ3v) is 6.65. The Kier molecular flexibility index (Phi) is 6.16.